The molecule has 2 aliphatic carbocycles. The molecule has 16 heteroatoms. The molecular weight excluding hydrogens is 548 g/mol. The zero-order valence-electron chi connectivity index (χ0n) is 24.0. The number of nitrogens with zero attached hydrogens (tertiary/aromatic N) is 6. The molecular formula is C26H48N10O6. The molecule has 2 saturated carbocycles. The second kappa shape index (κ2) is 15.6. The van der Waals surface area contributed by atoms with Crippen molar-refractivity contribution < 1.29 is 29.9 Å². The summed E-state index contributed by atoms with van der Waals surface area (Å²) in [5.41, 5.74) is 25.0. The maximum Gasteiger partial charge on any atom is 0.109 e. The first-order chi connectivity index (χ1) is 20.1. The van der Waals surface area contributed by atoms with Crippen LogP contribution in [0.3, 0.4) is 0 Å². The van der Waals surface area contributed by atoms with Crippen LogP contribution < -0.4 is 22.9 Å². The van der Waals surface area contributed by atoms with Crippen LogP contribution >= 0.6 is 0 Å². The van der Waals surface area contributed by atoms with Gasteiger partial charge in [0.2, 0.25) is 0 Å². The van der Waals surface area contributed by atoms with E-state index in [1.54, 1.807) is 9.36 Å². The first-order valence-electron chi connectivity index (χ1n) is 14.9. The van der Waals surface area contributed by atoms with E-state index in [9.17, 15) is 20.4 Å². The second-order valence-electron chi connectivity index (χ2n) is 11.7. The van der Waals surface area contributed by atoms with Gasteiger partial charge in [0.1, 0.15) is 35.8 Å². The minimum Gasteiger partial charge on any atom is -0.389 e. The number of aliphatic hydroxyl groups excluding tert-OH is 4. The van der Waals surface area contributed by atoms with Gasteiger partial charge in [-0.2, -0.15) is 0 Å². The summed E-state index contributed by atoms with van der Waals surface area (Å²) in [7, 11) is 0. The number of aryl methyl sites for hydroxylation is 2. The van der Waals surface area contributed by atoms with Crippen LogP contribution in [0, 0.1) is 0 Å². The number of aromatic nitrogens is 6. The lowest BCUT2D eigenvalue weighted by Crippen LogP contribution is -2.61. The quantitative estimate of drug-likeness (QED) is 0.0968. The van der Waals surface area contributed by atoms with E-state index in [0.29, 0.717) is 24.2 Å². The van der Waals surface area contributed by atoms with Gasteiger partial charge in [-0.25, -0.2) is 0 Å². The second-order valence-corrected chi connectivity index (χ2v) is 11.7. The third-order valence-electron chi connectivity index (χ3n) is 8.23. The SMILES string of the molecule is N[C@@H]1C[C@H](N)[C@@H](OCc2cn(CCCCCCCCn3cc(CO[C@H]4[C@H](O)[C@@H](O)[C@H](N)C[C@@H]4N)nn3)nn2)[C@H](O)[C@H]1O. The number of unbranched alkanes of at least 4 members (excludes halogenated alkanes) is 5. The molecule has 12 N–H and O–H groups in total. The molecule has 0 unspecified atom stereocenters. The molecule has 0 saturated heterocycles. The number of hydrogen-bond acceptors (Lipinski definition) is 14. The molecule has 2 aromatic heterocycles. The number of hydrogen-bond donors (Lipinski definition) is 8. The molecule has 0 aromatic carbocycles. The lowest BCUT2D eigenvalue weighted by atomic mass is 9.85. The Hall–Kier alpha value is -2.12. The summed E-state index contributed by atoms with van der Waals surface area (Å²) in [5, 5.41) is 57.0. The third kappa shape index (κ3) is 8.72. The fourth-order valence-electron chi connectivity index (χ4n) is 5.67. The van der Waals surface area contributed by atoms with Crippen molar-refractivity contribution in [3.05, 3.63) is 23.8 Å². The van der Waals surface area contributed by atoms with Gasteiger partial charge in [0.15, 0.2) is 0 Å². The molecule has 2 aromatic rings. The molecule has 0 bridgehead atoms. The third-order valence-corrected chi connectivity index (χ3v) is 8.23. The predicted molar refractivity (Wildman–Crippen MR) is 150 cm³/mol. The summed E-state index contributed by atoms with van der Waals surface area (Å²) < 4.78 is 15.1. The van der Waals surface area contributed by atoms with E-state index in [2.05, 4.69) is 20.6 Å². The Balaban J connectivity index is 1.04. The molecule has 2 aliphatic rings. The Kier molecular flexibility index (Phi) is 12.1. The summed E-state index contributed by atoms with van der Waals surface area (Å²) in [4.78, 5) is 0. The highest BCUT2D eigenvalue weighted by atomic mass is 16.5. The first-order valence-corrected chi connectivity index (χ1v) is 14.9. The first kappa shape index (κ1) is 32.8. The van der Waals surface area contributed by atoms with E-state index in [1.807, 2.05) is 12.4 Å². The van der Waals surface area contributed by atoms with Crippen LogP contribution in [0.2, 0.25) is 0 Å². The van der Waals surface area contributed by atoms with E-state index in [4.69, 9.17) is 32.4 Å². The van der Waals surface area contributed by atoms with Crippen LogP contribution in [0.15, 0.2) is 12.4 Å². The van der Waals surface area contributed by atoms with Crippen LogP contribution in [0.1, 0.15) is 62.8 Å². The van der Waals surface area contributed by atoms with Crippen LogP contribution in [-0.4, -0.2) is 111 Å². The zero-order valence-corrected chi connectivity index (χ0v) is 24.0. The Morgan fingerprint density at radius 3 is 1.38 bits per heavy atom. The topological polar surface area (TPSA) is 265 Å². The monoisotopic (exact) mass is 596 g/mol. The van der Waals surface area contributed by atoms with Gasteiger partial charge in [-0.1, -0.05) is 36.1 Å². The van der Waals surface area contributed by atoms with Crippen molar-refractivity contribution in [2.45, 2.75) is 138 Å². The van der Waals surface area contributed by atoms with Crippen LogP contribution in [0.5, 0.6) is 0 Å². The molecule has 238 valence electrons. The fourth-order valence-corrected chi connectivity index (χ4v) is 5.67. The van der Waals surface area contributed by atoms with Crippen LogP contribution in [0.4, 0.5) is 0 Å². The van der Waals surface area contributed by atoms with Crippen molar-refractivity contribution in [1.82, 2.24) is 30.0 Å². The van der Waals surface area contributed by atoms with Gasteiger partial charge in [0.05, 0.1) is 37.8 Å². The molecule has 10 atom stereocenters. The number of rotatable bonds is 15. The van der Waals surface area contributed by atoms with Crippen LogP contribution in [0.25, 0.3) is 0 Å². The minimum absolute atomic E-state index is 0.148. The highest BCUT2D eigenvalue weighted by molar-refractivity contribution is 5.00. The van der Waals surface area contributed by atoms with E-state index in [-0.39, 0.29) is 13.2 Å². The number of nitrogens with two attached hydrogens (primary N) is 4. The molecule has 2 heterocycles. The lowest BCUT2D eigenvalue weighted by molar-refractivity contribution is -0.132. The summed E-state index contributed by atoms with van der Waals surface area (Å²) in [6, 6.07) is -2.04. The number of ether oxygens (including phenoxy) is 2. The van der Waals surface area contributed by atoms with Crippen molar-refractivity contribution in [3.8, 4) is 0 Å². The molecule has 0 amide bonds. The Bertz CT molecular complexity index is 992. The zero-order chi connectivity index (χ0) is 30.2. The maximum atomic E-state index is 10.2. The summed E-state index contributed by atoms with van der Waals surface area (Å²) in [5.74, 6) is 0. The molecule has 0 spiro atoms. The molecule has 42 heavy (non-hydrogen) atoms. The number of aliphatic hydroxyl groups is 4. The Morgan fingerprint density at radius 1 is 0.595 bits per heavy atom. The molecule has 2 fully saturated rings. The van der Waals surface area contributed by atoms with Gasteiger partial charge in [0, 0.05) is 37.3 Å². The Labute approximate surface area is 245 Å². The molecule has 4 rings (SSSR count). The van der Waals surface area contributed by atoms with E-state index in [1.165, 1.54) is 0 Å². The highest BCUT2D eigenvalue weighted by Gasteiger charge is 2.42. The summed E-state index contributed by atoms with van der Waals surface area (Å²) >= 11 is 0. The van der Waals surface area contributed by atoms with Crippen molar-refractivity contribution in [3.63, 3.8) is 0 Å². The normalized spacial score (nSPS) is 33.7. The predicted octanol–water partition coefficient (Wildman–Crippen LogP) is -2.76. The summed E-state index contributed by atoms with van der Waals surface area (Å²) in [6.07, 6.45) is 4.93. The van der Waals surface area contributed by atoms with Gasteiger partial charge in [-0.15, -0.1) is 10.2 Å². The van der Waals surface area contributed by atoms with Crippen molar-refractivity contribution >= 4 is 0 Å². The lowest BCUT2D eigenvalue weighted by Gasteiger charge is -2.39. The van der Waals surface area contributed by atoms with E-state index in [0.717, 1.165) is 51.6 Å². The maximum absolute atomic E-state index is 10.2. The highest BCUT2D eigenvalue weighted by Crippen LogP contribution is 2.23. The smallest absolute Gasteiger partial charge is 0.109 e. The fraction of sp³-hybridized carbons (Fsp3) is 0.846. The van der Waals surface area contributed by atoms with Gasteiger partial charge in [-0.05, 0) is 25.7 Å². The van der Waals surface area contributed by atoms with Crippen LogP contribution in [-0.2, 0) is 35.8 Å². The molecule has 0 aliphatic heterocycles. The largest absolute Gasteiger partial charge is 0.389 e. The Morgan fingerprint density at radius 2 is 0.976 bits per heavy atom. The molecule has 16 nitrogen and oxygen atoms in total. The van der Waals surface area contributed by atoms with Gasteiger partial charge in [0.25, 0.3) is 0 Å². The van der Waals surface area contributed by atoms with Gasteiger partial charge < -0.3 is 52.8 Å². The van der Waals surface area contributed by atoms with Crippen molar-refractivity contribution in [2.75, 3.05) is 0 Å². The molecule has 0 radical (unpaired) electrons. The van der Waals surface area contributed by atoms with E-state index >= 15 is 0 Å². The van der Waals surface area contributed by atoms with E-state index < -0.39 is 60.8 Å². The average molecular weight is 597 g/mol. The van der Waals surface area contributed by atoms with Gasteiger partial charge in [-0.3, -0.25) is 9.36 Å². The summed E-state index contributed by atoms with van der Waals surface area (Å²) in [6.45, 7) is 1.80. The minimum atomic E-state index is -1.13. The van der Waals surface area contributed by atoms with Crippen molar-refractivity contribution in [1.29, 1.82) is 0 Å². The standard InChI is InChI=1S/C26H48N10O6/c27-17-9-19(29)25(23(39)21(17)37)41-13-15-11-35(33-31-15)7-5-3-1-2-4-6-8-36-12-16(32-34-36)14-42-26-20(30)10-18(28)22(38)24(26)40/h11-12,17-26,37-40H,1-10,13-14,27-30H2/t17-,18-,19+,20+,21+,22+,23-,24-,25-,26-/m1/s1. The van der Waals surface area contributed by atoms with Crippen molar-refractivity contribution in [2.24, 2.45) is 22.9 Å². The average Bonchev–Trinajstić information content (AvgIpc) is 3.61. The van der Waals surface area contributed by atoms with Gasteiger partial charge >= 0.3 is 0 Å².